The van der Waals surface area contributed by atoms with Crippen molar-refractivity contribution in [3.8, 4) is 0 Å². The highest BCUT2D eigenvalue weighted by Crippen LogP contribution is 2.22. The number of carbonyl (C=O) groups excluding carboxylic acids is 1. The number of para-hydroxylation sites is 2. The van der Waals surface area contributed by atoms with Crippen LogP contribution in [-0.2, 0) is 0 Å². The Balaban J connectivity index is 1.31. The average Bonchev–Trinajstić information content (AvgIpc) is 2.75. The van der Waals surface area contributed by atoms with Crippen molar-refractivity contribution in [3.05, 3.63) is 48.4 Å². The van der Waals surface area contributed by atoms with Gasteiger partial charge in [-0.2, -0.15) is 4.98 Å². The topological polar surface area (TPSA) is 95.9 Å². The van der Waals surface area contributed by atoms with Crippen LogP contribution >= 0.6 is 0 Å². The van der Waals surface area contributed by atoms with Gasteiger partial charge in [0.15, 0.2) is 0 Å². The van der Waals surface area contributed by atoms with E-state index in [4.69, 9.17) is 0 Å². The molecule has 0 aliphatic heterocycles. The quantitative estimate of drug-likeness (QED) is 0.690. The molecule has 1 aliphatic rings. The van der Waals surface area contributed by atoms with Crippen molar-refractivity contribution in [2.24, 2.45) is 0 Å². The number of rotatable bonds is 5. The van der Waals surface area contributed by atoms with Gasteiger partial charge in [0.25, 0.3) is 5.91 Å². The molecule has 8 heteroatoms. The zero-order valence-electron chi connectivity index (χ0n) is 16.7. The van der Waals surface area contributed by atoms with Crippen molar-refractivity contribution in [2.45, 2.75) is 37.8 Å². The molecule has 0 bridgehead atoms. The molecule has 1 aromatic carbocycles. The van der Waals surface area contributed by atoms with E-state index >= 15 is 0 Å². The number of nitrogens with one attached hydrogen (secondary N) is 2. The number of fused-ring (bicyclic) bond motifs is 1. The van der Waals surface area contributed by atoms with E-state index in [2.05, 4.69) is 30.6 Å². The highest BCUT2D eigenvalue weighted by atomic mass is 16.1. The molecule has 0 spiro atoms. The Morgan fingerprint density at radius 3 is 2.45 bits per heavy atom. The van der Waals surface area contributed by atoms with Gasteiger partial charge in [0.05, 0.1) is 17.2 Å². The van der Waals surface area contributed by atoms with Crippen molar-refractivity contribution in [3.63, 3.8) is 0 Å². The van der Waals surface area contributed by atoms with Crippen LogP contribution < -0.4 is 15.5 Å². The molecule has 4 rings (SSSR count). The van der Waals surface area contributed by atoms with E-state index in [1.165, 1.54) is 0 Å². The molecule has 150 valence electrons. The second-order valence-corrected chi connectivity index (χ2v) is 7.54. The summed E-state index contributed by atoms with van der Waals surface area (Å²) in [4.78, 5) is 32.1. The number of carbonyl (C=O) groups is 1. The third-order valence-electron chi connectivity index (χ3n) is 5.18. The van der Waals surface area contributed by atoms with Gasteiger partial charge in [-0.25, -0.2) is 9.97 Å². The van der Waals surface area contributed by atoms with E-state index in [1.807, 2.05) is 49.3 Å². The number of hydrogen-bond donors (Lipinski definition) is 2. The van der Waals surface area contributed by atoms with Gasteiger partial charge >= 0.3 is 0 Å². The van der Waals surface area contributed by atoms with Crippen molar-refractivity contribution in [1.29, 1.82) is 0 Å². The van der Waals surface area contributed by atoms with Crippen LogP contribution in [-0.4, -0.2) is 52.0 Å². The molecule has 29 heavy (non-hydrogen) atoms. The molecule has 0 saturated heterocycles. The first kappa shape index (κ1) is 19.0. The summed E-state index contributed by atoms with van der Waals surface area (Å²) in [6.45, 7) is 0. The summed E-state index contributed by atoms with van der Waals surface area (Å²) in [6, 6.07) is 9.88. The standard InChI is InChI=1S/C21H25N7O/c1-28(2)19-11-12-22-21(27-19)25-15-9-7-14(8-10-15)24-20(29)18-13-23-16-5-3-4-6-17(16)26-18/h3-6,11-15H,7-10H2,1-2H3,(H,24,29)(H,22,25,27)/t14-,15+. The fraction of sp³-hybridized carbons (Fsp3) is 0.381. The van der Waals surface area contributed by atoms with E-state index in [9.17, 15) is 4.79 Å². The van der Waals surface area contributed by atoms with E-state index in [0.717, 1.165) is 42.5 Å². The van der Waals surface area contributed by atoms with Gasteiger partial charge in [0, 0.05) is 32.4 Å². The van der Waals surface area contributed by atoms with Gasteiger partial charge in [-0.05, 0) is 43.9 Å². The maximum absolute atomic E-state index is 12.6. The van der Waals surface area contributed by atoms with Gasteiger partial charge < -0.3 is 15.5 Å². The molecule has 1 fully saturated rings. The van der Waals surface area contributed by atoms with Crippen LogP contribution in [0.5, 0.6) is 0 Å². The Hall–Kier alpha value is -3.29. The first-order valence-electron chi connectivity index (χ1n) is 9.88. The highest BCUT2D eigenvalue weighted by molar-refractivity contribution is 5.93. The molecule has 2 heterocycles. The van der Waals surface area contributed by atoms with Gasteiger partial charge in [0.1, 0.15) is 11.5 Å². The predicted octanol–water partition coefficient (Wildman–Crippen LogP) is 2.64. The third-order valence-corrected chi connectivity index (χ3v) is 5.18. The molecule has 3 aromatic rings. The lowest BCUT2D eigenvalue weighted by molar-refractivity contribution is 0.0921. The van der Waals surface area contributed by atoms with Crippen LogP contribution in [0.1, 0.15) is 36.2 Å². The number of hydrogen-bond acceptors (Lipinski definition) is 7. The van der Waals surface area contributed by atoms with Gasteiger partial charge in [-0.15, -0.1) is 0 Å². The summed E-state index contributed by atoms with van der Waals surface area (Å²) >= 11 is 0. The fourth-order valence-electron chi connectivity index (χ4n) is 3.56. The minimum atomic E-state index is -0.165. The molecule has 0 atom stereocenters. The number of aromatic nitrogens is 4. The number of nitrogens with zero attached hydrogens (tertiary/aromatic N) is 5. The molecule has 2 N–H and O–H groups in total. The summed E-state index contributed by atoms with van der Waals surface area (Å²) < 4.78 is 0. The van der Waals surface area contributed by atoms with Crippen molar-refractivity contribution in [2.75, 3.05) is 24.3 Å². The first-order chi connectivity index (χ1) is 14.1. The molecular formula is C21H25N7O. The van der Waals surface area contributed by atoms with Gasteiger partial charge in [-0.3, -0.25) is 9.78 Å². The second kappa shape index (κ2) is 8.38. The van der Waals surface area contributed by atoms with Crippen LogP contribution in [0.15, 0.2) is 42.7 Å². The molecule has 2 aromatic heterocycles. The van der Waals surface area contributed by atoms with E-state index in [-0.39, 0.29) is 11.9 Å². The van der Waals surface area contributed by atoms with Gasteiger partial charge in [-0.1, -0.05) is 12.1 Å². The number of benzene rings is 1. The maximum Gasteiger partial charge on any atom is 0.271 e. The van der Waals surface area contributed by atoms with Crippen LogP contribution in [0.2, 0.25) is 0 Å². The summed E-state index contributed by atoms with van der Waals surface area (Å²) in [6.07, 6.45) is 7.00. The zero-order valence-corrected chi connectivity index (χ0v) is 16.7. The lowest BCUT2D eigenvalue weighted by atomic mass is 9.91. The fourth-order valence-corrected chi connectivity index (χ4v) is 3.56. The monoisotopic (exact) mass is 391 g/mol. The molecule has 1 aliphatic carbocycles. The summed E-state index contributed by atoms with van der Waals surface area (Å²) in [7, 11) is 3.92. The molecule has 0 radical (unpaired) electrons. The number of anilines is 2. The molecular weight excluding hydrogens is 366 g/mol. The highest BCUT2D eigenvalue weighted by Gasteiger charge is 2.24. The van der Waals surface area contributed by atoms with Crippen LogP contribution in [0.4, 0.5) is 11.8 Å². The van der Waals surface area contributed by atoms with E-state index in [1.54, 1.807) is 12.4 Å². The second-order valence-electron chi connectivity index (χ2n) is 7.54. The normalized spacial score (nSPS) is 19.0. The van der Waals surface area contributed by atoms with Crippen LogP contribution in [0.3, 0.4) is 0 Å². The molecule has 1 amide bonds. The molecule has 8 nitrogen and oxygen atoms in total. The summed E-state index contributed by atoms with van der Waals surface area (Å²) in [5.74, 6) is 1.36. The third kappa shape index (κ3) is 4.59. The number of amides is 1. The molecule has 0 unspecified atom stereocenters. The smallest absolute Gasteiger partial charge is 0.271 e. The van der Waals surface area contributed by atoms with Gasteiger partial charge in [0.2, 0.25) is 5.95 Å². The van der Waals surface area contributed by atoms with Crippen molar-refractivity contribution in [1.82, 2.24) is 25.3 Å². The summed E-state index contributed by atoms with van der Waals surface area (Å²) in [5.41, 5.74) is 1.88. The molecule has 1 saturated carbocycles. The SMILES string of the molecule is CN(C)c1ccnc(N[C@H]2CC[C@@H](NC(=O)c3cnc4ccccc4n3)CC2)n1. The average molecular weight is 391 g/mol. The van der Waals surface area contributed by atoms with Crippen LogP contribution in [0.25, 0.3) is 11.0 Å². The minimum absolute atomic E-state index is 0.142. The van der Waals surface area contributed by atoms with Crippen molar-refractivity contribution >= 4 is 28.7 Å². The zero-order chi connectivity index (χ0) is 20.2. The van der Waals surface area contributed by atoms with Crippen molar-refractivity contribution < 1.29 is 4.79 Å². The Labute approximate surface area is 169 Å². The Morgan fingerprint density at radius 1 is 0.966 bits per heavy atom. The Morgan fingerprint density at radius 2 is 1.69 bits per heavy atom. The van der Waals surface area contributed by atoms with Crippen LogP contribution in [0, 0.1) is 0 Å². The Bertz CT molecular complexity index is 999. The maximum atomic E-state index is 12.6. The largest absolute Gasteiger partial charge is 0.363 e. The Kier molecular flexibility index (Phi) is 5.50. The summed E-state index contributed by atoms with van der Waals surface area (Å²) in [5, 5.41) is 6.52. The predicted molar refractivity (Wildman–Crippen MR) is 113 cm³/mol. The lowest BCUT2D eigenvalue weighted by Gasteiger charge is -2.29. The lowest BCUT2D eigenvalue weighted by Crippen LogP contribution is -2.40. The minimum Gasteiger partial charge on any atom is -0.363 e. The van der Waals surface area contributed by atoms with E-state index in [0.29, 0.717) is 17.7 Å². The first-order valence-corrected chi connectivity index (χ1v) is 9.88. The van der Waals surface area contributed by atoms with E-state index < -0.39 is 0 Å².